The fourth-order valence-corrected chi connectivity index (χ4v) is 2.54. The van der Waals surface area contributed by atoms with Crippen LogP contribution in [0.1, 0.15) is 25.3 Å². The number of nitrogens with one attached hydrogen (secondary N) is 2. The Hall–Kier alpha value is -3.41. The Balaban J connectivity index is 1.62. The molecule has 0 unspecified atom stereocenters. The summed E-state index contributed by atoms with van der Waals surface area (Å²) in [7, 11) is 0. The highest BCUT2D eigenvalue weighted by Crippen LogP contribution is 2.23. The predicted molar refractivity (Wildman–Crippen MR) is 106 cm³/mol. The van der Waals surface area contributed by atoms with Crippen molar-refractivity contribution >= 4 is 17.4 Å². The summed E-state index contributed by atoms with van der Waals surface area (Å²) in [6, 6.07) is 18.6. The molecule has 0 aliphatic heterocycles. The molecule has 1 aromatic heterocycles. The van der Waals surface area contributed by atoms with Crippen molar-refractivity contribution in [3.8, 4) is 11.6 Å². The lowest BCUT2D eigenvalue weighted by Gasteiger charge is -2.13. The molecule has 138 valence electrons. The van der Waals surface area contributed by atoms with Gasteiger partial charge in [0.05, 0.1) is 5.92 Å². The molecular weight excluding hydrogens is 340 g/mol. The zero-order chi connectivity index (χ0) is 19.1. The van der Waals surface area contributed by atoms with Crippen molar-refractivity contribution in [1.29, 1.82) is 0 Å². The van der Waals surface area contributed by atoms with Gasteiger partial charge in [-0.1, -0.05) is 30.3 Å². The number of nitrogens with zero attached hydrogens (tertiary/aromatic N) is 2. The minimum atomic E-state index is -0.229. The normalized spacial score (nSPS) is 11.5. The molecule has 2 N–H and O–H groups in total. The number of carbonyl (C=O) groups excluding carboxylic acids is 1. The fourth-order valence-electron chi connectivity index (χ4n) is 2.54. The zero-order valence-electron chi connectivity index (χ0n) is 15.3. The van der Waals surface area contributed by atoms with Gasteiger partial charge in [0, 0.05) is 18.3 Å². The van der Waals surface area contributed by atoms with Crippen LogP contribution in [0.2, 0.25) is 0 Å². The average Bonchev–Trinajstić information content (AvgIpc) is 2.70. The highest BCUT2D eigenvalue weighted by molar-refractivity contribution is 5.95. The van der Waals surface area contributed by atoms with Gasteiger partial charge < -0.3 is 15.4 Å². The summed E-state index contributed by atoms with van der Waals surface area (Å²) in [6.07, 6.45) is 1.45. The number of ether oxygens (including phenoxy) is 1. The molecule has 0 bridgehead atoms. The van der Waals surface area contributed by atoms with Crippen molar-refractivity contribution in [3.05, 3.63) is 72.6 Å². The van der Waals surface area contributed by atoms with Crippen LogP contribution in [0.4, 0.5) is 11.5 Å². The number of anilines is 2. The number of hydrogen-bond donors (Lipinski definition) is 2. The van der Waals surface area contributed by atoms with E-state index in [1.807, 2.05) is 44.2 Å². The van der Waals surface area contributed by atoms with Gasteiger partial charge in [-0.05, 0) is 43.7 Å². The molecule has 0 radical (unpaired) electrons. The van der Waals surface area contributed by atoms with Gasteiger partial charge >= 0.3 is 0 Å². The standard InChI is InChI=1S/C21H22N4O2/c1-3-22-19-13-20(24-14-23-19)27-18-11-9-17(10-12-18)25-21(26)15(2)16-7-5-4-6-8-16/h4-15H,3H2,1-2H3,(H,25,26)(H,22,23,24)/t15-/m1/s1. The Labute approximate surface area is 158 Å². The van der Waals surface area contributed by atoms with E-state index in [4.69, 9.17) is 4.74 Å². The molecule has 0 aliphatic carbocycles. The van der Waals surface area contributed by atoms with E-state index in [-0.39, 0.29) is 11.8 Å². The quantitative estimate of drug-likeness (QED) is 0.650. The largest absolute Gasteiger partial charge is 0.439 e. The molecule has 1 atom stereocenters. The van der Waals surface area contributed by atoms with Crippen LogP contribution in [-0.2, 0) is 4.79 Å². The van der Waals surface area contributed by atoms with Crippen LogP contribution in [0.5, 0.6) is 11.6 Å². The third-order valence-electron chi connectivity index (χ3n) is 4.04. The van der Waals surface area contributed by atoms with Crippen molar-refractivity contribution < 1.29 is 9.53 Å². The zero-order valence-corrected chi connectivity index (χ0v) is 15.3. The van der Waals surface area contributed by atoms with Crippen LogP contribution < -0.4 is 15.4 Å². The lowest BCUT2D eigenvalue weighted by molar-refractivity contribution is -0.117. The van der Waals surface area contributed by atoms with Gasteiger partial charge in [-0.15, -0.1) is 0 Å². The van der Waals surface area contributed by atoms with Gasteiger partial charge in [0.1, 0.15) is 17.9 Å². The molecule has 0 aliphatic rings. The van der Waals surface area contributed by atoms with Crippen molar-refractivity contribution in [1.82, 2.24) is 9.97 Å². The molecule has 6 heteroatoms. The lowest BCUT2D eigenvalue weighted by Crippen LogP contribution is -2.18. The van der Waals surface area contributed by atoms with E-state index in [0.717, 1.165) is 12.1 Å². The molecule has 2 aromatic carbocycles. The molecule has 6 nitrogen and oxygen atoms in total. The second-order valence-electron chi connectivity index (χ2n) is 6.02. The number of amides is 1. The first-order chi connectivity index (χ1) is 13.2. The van der Waals surface area contributed by atoms with Gasteiger partial charge in [0.25, 0.3) is 0 Å². The van der Waals surface area contributed by atoms with E-state index in [0.29, 0.717) is 23.1 Å². The van der Waals surface area contributed by atoms with E-state index < -0.39 is 0 Å². The van der Waals surface area contributed by atoms with Crippen LogP contribution in [0.3, 0.4) is 0 Å². The predicted octanol–water partition coefficient (Wildman–Crippen LogP) is 4.44. The van der Waals surface area contributed by atoms with Crippen LogP contribution in [-0.4, -0.2) is 22.4 Å². The molecule has 3 aromatic rings. The van der Waals surface area contributed by atoms with Crippen LogP contribution in [0.25, 0.3) is 0 Å². The monoisotopic (exact) mass is 362 g/mol. The summed E-state index contributed by atoms with van der Waals surface area (Å²) < 4.78 is 5.74. The fraction of sp³-hybridized carbons (Fsp3) is 0.190. The van der Waals surface area contributed by atoms with Crippen LogP contribution in [0.15, 0.2) is 67.0 Å². The van der Waals surface area contributed by atoms with E-state index in [9.17, 15) is 4.79 Å². The molecule has 0 saturated carbocycles. The topological polar surface area (TPSA) is 76.1 Å². The number of hydrogen-bond acceptors (Lipinski definition) is 5. The summed E-state index contributed by atoms with van der Waals surface area (Å²) in [5.74, 6) is 1.51. The Morgan fingerprint density at radius 1 is 1.07 bits per heavy atom. The lowest BCUT2D eigenvalue weighted by atomic mass is 10.0. The summed E-state index contributed by atoms with van der Waals surface area (Å²) in [5.41, 5.74) is 1.70. The first-order valence-electron chi connectivity index (χ1n) is 8.85. The second-order valence-corrected chi connectivity index (χ2v) is 6.02. The number of carbonyl (C=O) groups is 1. The van der Waals surface area contributed by atoms with E-state index in [1.165, 1.54) is 6.33 Å². The Morgan fingerprint density at radius 3 is 2.52 bits per heavy atom. The van der Waals surface area contributed by atoms with Crippen molar-refractivity contribution in [2.24, 2.45) is 0 Å². The number of rotatable bonds is 7. The summed E-state index contributed by atoms with van der Waals surface area (Å²) in [5, 5.41) is 6.04. The van der Waals surface area contributed by atoms with Gasteiger partial charge in [0.2, 0.25) is 11.8 Å². The Morgan fingerprint density at radius 2 is 1.81 bits per heavy atom. The van der Waals surface area contributed by atoms with Crippen LogP contribution >= 0.6 is 0 Å². The molecule has 0 spiro atoms. The molecule has 1 amide bonds. The van der Waals surface area contributed by atoms with Gasteiger partial charge in [0.15, 0.2) is 0 Å². The third-order valence-corrected chi connectivity index (χ3v) is 4.04. The first-order valence-corrected chi connectivity index (χ1v) is 8.85. The Bertz CT molecular complexity index is 882. The molecule has 0 saturated heterocycles. The van der Waals surface area contributed by atoms with Gasteiger partial charge in [-0.2, -0.15) is 0 Å². The molecular formula is C21H22N4O2. The summed E-state index contributed by atoms with van der Waals surface area (Å²) in [4.78, 5) is 20.6. The van der Waals surface area contributed by atoms with Crippen molar-refractivity contribution in [3.63, 3.8) is 0 Å². The summed E-state index contributed by atoms with van der Waals surface area (Å²) in [6.45, 7) is 4.65. The molecule has 0 fully saturated rings. The number of aromatic nitrogens is 2. The second kappa shape index (κ2) is 8.80. The van der Waals surface area contributed by atoms with E-state index in [1.54, 1.807) is 30.3 Å². The maximum atomic E-state index is 12.4. The minimum absolute atomic E-state index is 0.0547. The average molecular weight is 362 g/mol. The highest BCUT2D eigenvalue weighted by Gasteiger charge is 2.14. The third kappa shape index (κ3) is 5.04. The maximum absolute atomic E-state index is 12.4. The van der Waals surface area contributed by atoms with Gasteiger partial charge in [-0.3, -0.25) is 4.79 Å². The van der Waals surface area contributed by atoms with Crippen molar-refractivity contribution in [2.45, 2.75) is 19.8 Å². The Kier molecular flexibility index (Phi) is 5.99. The van der Waals surface area contributed by atoms with Gasteiger partial charge in [-0.25, -0.2) is 9.97 Å². The van der Waals surface area contributed by atoms with E-state index in [2.05, 4.69) is 20.6 Å². The number of benzene rings is 2. The molecule has 1 heterocycles. The van der Waals surface area contributed by atoms with Crippen LogP contribution in [0, 0.1) is 0 Å². The highest BCUT2D eigenvalue weighted by atomic mass is 16.5. The van der Waals surface area contributed by atoms with E-state index >= 15 is 0 Å². The first kappa shape index (κ1) is 18.4. The maximum Gasteiger partial charge on any atom is 0.231 e. The molecule has 3 rings (SSSR count). The minimum Gasteiger partial charge on any atom is -0.439 e. The smallest absolute Gasteiger partial charge is 0.231 e. The van der Waals surface area contributed by atoms with Crippen molar-refractivity contribution in [2.75, 3.05) is 17.2 Å². The summed E-state index contributed by atoms with van der Waals surface area (Å²) >= 11 is 0. The molecule has 27 heavy (non-hydrogen) atoms. The SMILES string of the molecule is CCNc1cc(Oc2ccc(NC(=O)[C@H](C)c3ccccc3)cc2)ncn1.